The van der Waals surface area contributed by atoms with E-state index in [1.54, 1.807) is 11.3 Å². The maximum absolute atomic E-state index is 12.3. The predicted molar refractivity (Wildman–Crippen MR) is 101 cm³/mol. The van der Waals surface area contributed by atoms with Crippen LogP contribution < -0.4 is 5.32 Å². The predicted octanol–water partition coefficient (Wildman–Crippen LogP) is 2.39. The molecule has 0 radical (unpaired) electrons. The highest BCUT2D eigenvalue weighted by molar-refractivity contribution is 7.15. The van der Waals surface area contributed by atoms with Crippen LogP contribution in [0, 0.1) is 0 Å². The second kappa shape index (κ2) is 7.64. The Labute approximate surface area is 152 Å². The third kappa shape index (κ3) is 4.26. The Morgan fingerprint density at radius 2 is 1.84 bits per heavy atom. The fourth-order valence-corrected chi connectivity index (χ4v) is 4.62. The molecule has 25 heavy (non-hydrogen) atoms. The zero-order chi connectivity index (χ0) is 17.1. The van der Waals surface area contributed by atoms with Gasteiger partial charge in [0, 0.05) is 37.6 Å². The molecule has 1 N–H and O–H groups in total. The van der Waals surface area contributed by atoms with Gasteiger partial charge in [0.2, 0.25) is 5.91 Å². The molecule has 1 aromatic carbocycles. The van der Waals surface area contributed by atoms with Crippen molar-refractivity contribution in [3.63, 3.8) is 0 Å². The minimum atomic E-state index is 0.0592. The number of nitrogens with one attached hydrogen (secondary N) is 1. The Balaban J connectivity index is 1.22. The Morgan fingerprint density at radius 1 is 1.08 bits per heavy atom. The monoisotopic (exact) mass is 356 g/mol. The van der Waals surface area contributed by atoms with Gasteiger partial charge < -0.3 is 5.32 Å². The van der Waals surface area contributed by atoms with E-state index in [0.29, 0.717) is 6.54 Å². The van der Waals surface area contributed by atoms with Crippen LogP contribution in [0.15, 0.2) is 30.3 Å². The van der Waals surface area contributed by atoms with Crippen LogP contribution in [0.5, 0.6) is 0 Å². The quantitative estimate of drug-likeness (QED) is 0.894. The SMILES string of the molecule is O=C(CN1CCN(Cc2ccccc2)CC1)Nc1nc2c(s1)CCC2. The number of hydrogen-bond acceptors (Lipinski definition) is 5. The molecule has 1 fully saturated rings. The first-order valence-corrected chi connectivity index (χ1v) is 9.85. The molecule has 1 aliphatic heterocycles. The molecular formula is C19H24N4OS. The molecule has 1 amide bonds. The average molecular weight is 356 g/mol. The number of benzene rings is 1. The van der Waals surface area contributed by atoms with E-state index in [4.69, 9.17) is 0 Å². The van der Waals surface area contributed by atoms with E-state index in [1.165, 1.54) is 22.6 Å². The average Bonchev–Trinajstić information content (AvgIpc) is 3.19. The Kier molecular flexibility index (Phi) is 5.10. The largest absolute Gasteiger partial charge is 0.301 e. The summed E-state index contributed by atoms with van der Waals surface area (Å²) >= 11 is 1.64. The molecule has 5 nitrogen and oxygen atoms in total. The van der Waals surface area contributed by atoms with Crippen LogP contribution >= 0.6 is 11.3 Å². The second-order valence-corrected chi connectivity index (χ2v) is 7.91. The van der Waals surface area contributed by atoms with Crippen molar-refractivity contribution in [2.75, 3.05) is 38.0 Å². The molecule has 1 saturated heterocycles. The van der Waals surface area contributed by atoms with Gasteiger partial charge in [-0.3, -0.25) is 14.6 Å². The van der Waals surface area contributed by atoms with Crippen molar-refractivity contribution in [3.05, 3.63) is 46.5 Å². The summed E-state index contributed by atoms with van der Waals surface area (Å²) < 4.78 is 0. The molecule has 1 aliphatic carbocycles. The lowest BCUT2D eigenvalue weighted by Gasteiger charge is -2.34. The highest BCUT2D eigenvalue weighted by atomic mass is 32.1. The first-order valence-electron chi connectivity index (χ1n) is 9.03. The minimum Gasteiger partial charge on any atom is -0.301 e. The van der Waals surface area contributed by atoms with Crippen molar-refractivity contribution in [2.45, 2.75) is 25.8 Å². The number of carbonyl (C=O) groups is 1. The number of anilines is 1. The lowest BCUT2D eigenvalue weighted by molar-refractivity contribution is -0.117. The van der Waals surface area contributed by atoms with E-state index in [-0.39, 0.29) is 5.91 Å². The Hall–Kier alpha value is -1.76. The summed E-state index contributed by atoms with van der Waals surface area (Å²) in [5.41, 5.74) is 2.54. The van der Waals surface area contributed by atoms with Gasteiger partial charge in [0.1, 0.15) is 0 Å². The number of aryl methyl sites for hydroxylation is 2. The van der Waals surface area contributed by atoms with Gasteiger partial charge in [-0.25, -0.2) is 4.98 Å². The summed E-state index contributed by atoms with van der Waals surface area (Å²) in [5.74, 6) is 0.0592. The number of nitrogens with zero attached hydrogens (tertiary/aromatic N) is 3. The topological polar surface area (TPSA) is 48.5 Å². The molecule has 0 unspecified atom stereocenters. The maximum atomic E-state index is 12.3. The van der Waals surface area contributed by atoms with Gasteiger partial charge in [0.15, 0.2) is 5.13 Å². The normalized spacial score (nSPS) is 18.2. The van der Waals surface area contributed by atoms with Crippen molar-refractivity contribution in [1.82, 2.24) is 14.8 Å². The van der Waals surface area contributed by atoms with Crippen LogP contribution in [0.3, 0.4) is 0 Å². The molecule has 2 aromatic rings. The van der Waals surface area contributed by atoms with Gasteiger partial charge in [0.05, 0.1) is 12.2 Å². The maximum Gasteiger partial charge on any atom is 0.240 e. The van der Waals surface area contributed by atoms with Crippen LogP contribution in [0.25, 0.3) is 0 Å². The first-order chi connectivity index (χ1) is 12.3. The number of thiazole rings is 1. The second-order valence-electron chi connectivity index (χ2n) is 6.83. The molecule has 132 valence electrons. The molecule has 4 rings (SSSR count). The third-order valence-corrected chi connectivity index (χ3v) is 6.00. The summed E-state index contributed by atoms with van der Waals surface area (Å²) in [5, 5.41) is 3.76. The van der Waals surface area contributed by atoms with Crippen LogP contribution in [0.1, 0.15) is 22.6 Å². The van der Waals surface area contributed by atoms with Crippen molar-refractivity contribution in [1.29, 1.82) is 0 Å². The lowest BCUT2D eigenvalue weighted by Crippen LogP contribution is -2.48. The van der Waals surface area contributed by atoms with Gasteiger partial charge in [-0.05, 0) is 24.8 Å². The van der Waals surface area contributed by atoms with Gasteiger partial charge in [-0.2, -0.15) is 0 Å². The smallest absolute Gasteiger partial charge is 0.240 e. The number of rotatable bonds is 5. The molecule has 1 aromatic heterocycles. The van der Waals surface area contributed by atoms with Crippen molar-refractivity contribution in [2.24, 2.45) is 0 Å². The van der Waals surface area contributed by atoms with Gasteiger partial charge in [-0.1, -0.05) is 30.3 Å². The minimum absolute atomic E-state index is 0.0592. The number of amides is 1. The van der Waals surface area contributed by atoms with Crippen LogP contribution in [-0.4, -0.2) is 53.4 Å². The van der Waals surface area contributed by atoms with E-state index in [0.717, 1.165) is 50.7 Å². The molecule has 2 aliphatic rings. The Morgan fingerprint density at radius 3 is 2.60 bits per heavy atom. The highest BCUT2D eigenvalue weighted by Crippen LogP contribution is 2.30. The van der Waals surface area contributed by atoms with Crippen molar-refractivity contribution < 1.29 is 4.79 Å². The van der Waals surface area contributed by atoms with Crippen LogP contribution in [0.4, 0.5) is 5.13 Å². The number of aromatic nitrogens is 1. The zero-order valence-electron chi connectivity index (χ0n) is 14.4. The van der Waals surface area contributed by atoms with Crippen molar-refractivity contribution in [3.8, 4) is 0 Å². The molecule has 6 heteroatoms. The van der Waals surface area contributed by atoms with Crippen molar-refractivity contribution >= 4 is 22.4 Å². The lowest BCUT2D eigenvalue weighted by atomic mass is 10.2. The zero-order valence-corrected chi connectivity index (χ0v) is 15.2. The van der Waals surface area contributed by atoms with Gasteiger partial charge in [0.25, 0.3) is 0 Å². The number of piperazine rings is 1. The number of carbonyl (C=O) groups excluding carboxylic acids is 1. The summed E-state index contributed by atoms with van der Waals surface area (Å²) in [6.45, 7) is 5.35. The van der Waals surface area contributed by atoms with E-state index in [9.17, 15) is 4.79 Å². The van der Waals surface area contributed by atoms with E-state index >= 15 is 0 Å². The van der Waals surface area contributed by atoms with Crippen LogP contribution in [-0.2, 0) is 24.2 Å². The molecule has 2 heterocycles. The summed E-state index contributed by atoms with van der Waals surface area (Å²) in [6.07, 6.45) is 3.38. The van der Waals surface area contributed by atoms with Gasteiger partial charge in [-0.15, -0.1) is 11.3 Å². The van der Waals surface area contributed by atoms with Gasteiger partial charge >= 0.3 is 0 Å². The third-order valence-electron chi connectivity index (χ3n) is 4.92. The summed E-state index contributed by atoms with van der Waals surface area (Å²) in [7, 11) is 0. The molecule has 0 saturated carbocycles. The fourth-order valence-electron chi connectivity index (χ4n) is 3.55. The standard InChI is InChI=1S/C19H24N4OS/c24-18(21-19-20-16-7-4-8-17(16)25-19)14-23-11-9-22(10-12-23)13-15-5-2-1-3-6-15/h1-3,5-6H,4,7-14H2,(H,20,21,24). The van der Waals surface area contributed by atoms with E-state index in [1.807, 2.05) is 0 Å². The molecule has 0 bridgehead atoms. The van der Waals surface area contributed by atoms with E-state index < -0.39 is 0 Å². The summed E-state index contributed by atoms with van der Waals surface area (Å²) in [6, 6.07) is 10.6. The number of hydrogen-bond donors (Lipinski definition) is 1. The summed E-state index contributed by atoms with van der Waals surface area (Å²) in [4.78, 5) is 22.9. The fraction of sp³-hybridized carbons (Fsp3) is 0.474. The number of fused-ring (bicyclic) bond motifs is 1. The molecule has 0 atom stereocenters. The molecular weight excluding hydrogens is 332 g/mol. The van der Waals surface area contributed by atoms with E-state index in [2.05, 4.69) is 50.4 Å². The molecule has 0 spiro atoms. The van der Waals surface area contributed by atoms with Crippen LogP contribution in [0.2, 0.25) is 0 Å². The Bertz CT molecular complexity index is 701. The first kappa shape index (κ1) is 16.7. The highest BCUT2D eigenvalue weighted by Gasteiger charge is 2.21.